The van der Waals surface area contributed by atoms with Gasteiger partial charge < -0.3 is 10.2 Å². The molecule has 0 unspecified atom stereocenters. The van der Waals surface area contributed by atoms with Crippen molar-refractivity contribution in [2.24, 2.45) is 5.73 Å². The number of rotatable bonds is 4. The molecule has 0 amide bonds. The Morgan fingerprint density at radius 2 is 2.36 bits per heavy atom. The second-order valence-electron chi connectivity index (χ2n) is 2.88. The van der Waals surface area contributed by atoms with Crippen molar-refractivity contribution in [2.75, 3.05) is 6.54 Å². The maximum absolute atomic E-state index is 5.51. The van der Waals surface area contributed by atoms with Crippen molar-refractivity contribution in [1.29, 1.82) is 0 Å². The van der Waals surface area contributed by atoms with Crippen LogP contribution in [0.4, 0.5) is 0 Å². The van der Waals surface area contributed by atoms with Gasteiger partial charge in [0, 0.05) is 11.8 Å². The quantitative estimate of drug-likeness (QED) is 0.832. The fourth-order valence-electron chi connectivity index (χ4n) is 1.13. The van der Waals surface area contributed by atoms with Crippen LogP contribution in [0.25, 0.3) is 11.5 Å². The summed E-state index contributed by atoms with van der Waals surface area (Å²) in [5, 5.41) is 1.94. The molecule has 0 radical (unpaired) electrons. The van der Waals surface area contributed by atoms with Crippen LogP contribution in [0.15, 0.2) is 21.5 Å². The summed E-state index contributed by atoms with van der Waals surface area (Å²) in [4.78, 5) is 8.29. The number of nitrogens with zero attached hydrogens (tertiary/aromatic N) is 2. The van der Waals surface area contributed by atoms with Crippen LogP contribution in [-0.4, -0.2) is 16.5 Å². The SMILES string of the molecule is NCCCc1ncc(-c2cscn2)o1. The number of thiazole rings is 1. The zero-order chi connectivity index (χ0) is 9.80. The van der Waals surface area contributed by atoms with Crippen molar-refractivity contribution < 1.29 is 4.42 Å². The first-order valence-electron chi connectivity index (χ1n) is 4.43. The van der Waals surface area contributed by atoms with Gasteiger partial charge in [0.15, 0.2) is 11.7 Å². The van der Waals surface area contributed by atoms with Gasteiger partial charge in [0.1, 0.15) is 5.69 Å². The number of hydrogen-bond donors (Lipinski definition) is 1. The molecule has 2 rings (SSSR count). The summed E-state index contributed by atoms with van der Waals surface area (Å²) >= 11 is 1.54. The van der Waals surface area contributed by atoms with Crippen molar-refractivity contribution in [1.82, 2.24) is 9.97 Å². The molecule has 0 aliphatic rings. The van der Waals surface area contributed by atoms with Gasteiger partial charge in [-0.2, -0.15) is 0 Å². The smallest absolute Gasteiger partial charge is 0.195 e. The van der Waals surface area contributed by atoms with Crippen molar-refractivity contribution in [3.05, 3.63) is 23.0 Å². The molecule has 0 atom stereocenters. The number of aromatic nitrogens is 2. The summed E-state index contributed by atoms with van der Waals surface area (Å²) < 4.78 is 5.51. The predicted octanol–water partition coefficient (Wildman–Crippen LogP) is 1.69. The molecule has 0 saturated heterocycles. The molecule has 2 N–H and O–H groups in total. The van der Waals surface area contributed by atoms with Crippen LogP contribution < -0.4 is 5.73 Å². The van der Waals surface area contributed by atoms with Gasteiger partial charge in [-0.3, -0.25) is 0 Å². The Morgan fingerprint density at radius 1 is 1.43 bits per heavy atom. The molecule has 0 fully saturated rings. The lowest BCUT2D eigenvalue weighted by Gasteiger charge is -1.91. The first-order valence-corrected chi connectivity index (χ1v) is 5.38. The Bertz CT molecular complexity index is 382. The maximum atomic E-state index is 5.51. The monoisotopic (exact) mass is 209 g/mol. The molecule has 5 heteroatoms. The summed E-state index contributed by atoms with van der Waals surface area (Å²) in [6, 6.07) is 0. The zero-order valence-corrected chi connectivity index (χ0v) is 8.46. The van der Waals surface area contributed by atoms with Crippen molar-refractivity contribution in [3.63, 3.8) is 0 Å². The van der Waals surface area contributed by atoms with Gasteiger partial charge in [-0.15, -0.1) is 11.3 Å². The lowest BCUT2D eigenvalue weighted by Crippen LogP contribution is -2.00. The van der Waals surface area contributed by atoms with Gasteiger partial charge >= 0.3 is 0 Å². The van der Waals surface area contributed by atoms with Gasteiger partial charge in [0.05, 0.1) is 11.7 Å². The number of hydrogen-bond acceptors (Lipinski definition) is 5. The highest BCUT2D eigenvalue weighted by Crippen LogP contribution is 2.20. The molecule has 2 heterocycles. The highest BCUT2D eigenvalue weighted by Gasteiger charge is 2.06. The van der Waals surface area contributed by atoms with Gasteiger partial charge in [-0.05, 0) is 13.0 Å². The third-order valence-electron chi connectivity index (χ3n) is 1.83. The van der Waals surface area contributed by atoms with E-state index >= 15 is 0 Å². The number of nitrogens with two attached hydrogens (primary N) is 1. The van der Waals surface area contributed by atoms with E-state index in [1.165, 1.54) is 0 Å². The van der Waals surface area contributed by atoms with Crippen LogP contribution in [0, 0.1) is 0 Å². The minimum absolute atomic E-state index is 0.661. The summed E-state index contributed by atoms with van der Waals surface area (Å²) in [6.45, 7) is 0.661. The molecule has 4 nitrogen and oxygen atoms in total. The Hall–Kier alpha value is -1.20. The van der Waals surface area contributed by atoms with E-state index in [0.717, 1.165) is 30.2 Å². The second kappa shape index (κ2) is 4.34. The molecule has 0 aromatic carbocycles. The van der Waals surface area contributed by atoms with Crippen LogP contribution in [0.1, 0.15) is 12.3 Å². The topological polar surface area (TPSA) is 64.9 Å². The molecule has 0 spiro atoms. The Morgan fingerprint density at radius 3 is 3.07 bits per heavy atom. The van der Waals surface area contributed by atoms with Crippen LogP contribution in [-0.2, 0) is 6.42 Å². The molecule has 2 aromatic rings. The fourth-order valence-corrected chi connectivity index (χ4v) is 1.67. The summed E-state index contributed by atoms with van der Waals surface area (Å²) in [7, 11) is 0. The third-order valence-corrected chi connectivity index (χ3v) is 2.42. The predicted molar refractivity (Wildman–Crippen MR) is 55.0 cm³/mol. The Balaban J connectivity index is 2.10. The highest BCUT2D eigenvalue weighted by atomic mass is 32.1. The average Bonchev–Trinajstić information content (AvgIpc) is 2.85. The van der Waals surface area contributed by atoms with E-state index in [-0.39, 0.29) is 0 Å². The normalized spacial score (nSPS) is 10.6. The van der Waals surface area contributed by atoms with E-state index in [1.807, 2.05) is 5.38 Å². The molecule has 0 bridgehead atoms. The lowest BCUT2D eigenvalue weighted by molar-refractivity contribution is 0.498. The molecular formula is C9H11N3OS. The Kier molecular flexibility index (Phi) is 2.90. The van der Waals surface area contributed by atoms with E-state index in [1.54, 1.807) is 23.0 Å². The minimum atomic E-state index is 0.661. The van der Waals surface area contributed by atoms with Gasteiger partial charge in [0.25, 0.3) is 0 Å². The fraction of sp³-hybridized carbons (Fsp3) is 0.333. The largest absolute Gasteiger partial charge is 0.439 e. The minimum Gasteiger partial charge on any atom is -0.439 e. The van der Waals surface area contributed by atoms with Gasteiger partial charge in [-0.1, -0.05) is 0 Å². The van der Waals surface area contributed by atoms with Crippen LogP contribution in [0.3, 0.4) is 0 Å². The van der Waals surface area contributed by atoms with E-state index in [9.17, 15) is 0 Å². The van der Waals surface area contributed by atoms with Crippen LogP contribution >= 0.6 is 11.3 Å². The zero-order valence-electron chi connectivity index (χ0n) is 7.64. The first-order chi connectivity index (χ1) is 6.90. The lowest BCUT2D eigenvalue weighted by atomic mass is 10.3. The number of aryl methyl sites for hydroxylation is 1. The van der Waals surface area contributed by atoms with E-state index in [4.69, 9.17) is 10.2 Å². The molecular weight excluding hydrogens is 198 g/mol. The average molecular weight is 209 g/mol. The Labute approximate surface area is 85.8 Å². The molecule has 0 aliphatic carbocycles. The van der Waals surface area contributed by atoms with Gasteiger partial charge in [0.2, 0.25) is 0 Å². The second-order valence-corrected chi connectivity index (χ2v) is 3.60. The van der Waals surface area contributed by atoms with Crippen LogP contribution in [0.5, 0.6) is 0 Å². The number of oxazole rings is 1. The molecule has 2 aromatic heterocycles. The molecule has 0 saturated carbocycles. The van der Waals surface area contributed by atoms with Crippen molar-refractivity contribution in [2.45, 2.75) is 12.8 Å². The van der Waals surface area contributed by atoms with E-state index < -0.39 is 0 Å². The van der Waals surface area contributed by atoms with E-state index in [0.29, 0.717) is 6.54 Å². The summed E-state index contributed by atoms with van der Waals surface area (Å²) in [6.07, 6.45) is 3.40. The van der Waals surface area contributed by atoms with Crippen LogP contribution in [0.2, 0.25) is 0 Å². The molecule has 0 aliphatic heterocycles. The third kappa shape index (κ3) is 2.00. The highest BCUT2D eigenvalue weighted by molar-refractivity contribution is 7.07. The van der Waals surface area contributed by atoms with E-state index in [2.05, 4.69) is 9.97 Å². The standard InChI is InChI=1S/C9H11N3OS/c10-3-1-2-9-11-4-8(13-9)7-5-14-6-12-7/h4-6H,1-3,10H2. The molecule has 74 valence electrons. The molecule has 14 heavy (non-hydrogen) atoms. The van der Waals surface area contributed by atoms with Gasteiger partial charge in [-0.25, -0.2) is 9.97 Å². The summed E-state index contributed by atoms with van der Waals surface area (Å²) in [5.74, 6) is 1.47. The van der Waals surface area contributed by atoms with Crippen molar-refractivity contribution >= 4 is 11.3 Å². The maximum Gasteiger partial charge on any atom is 0.195 e. The van der Waals surface area contributed by atoms with Crippen molar-refractivity contribution in [3.8, 4) is 11.5 Å². The summed E-state index contributed by atoms with van der Waals surface area (Å²) in [5.41, 5.74) is 8.02. The first kappa shape index (κ1) is 9.36.